The topological polar surface area (TPSA) is 0 Å². The summed E-state index contributed by atoms with van der Waals surface area (Å²) in [6, 6.07) is 49.3. The van der Waals surface area contributed by atoms with E-state index in [2.05, 4.69) is 185 Å². The molecule has 0 amide bonds. The third kappa shape index (κ3) is 10.6. The van der Waals surface area contributed by atoms with Gasteiger partial charge in [-0.3, -0.25) is 0 Å². The van der Waals surface area contributed by atoms with E-state index in [4.69, 9.17) is 0 Å². The van der Waals surface area contributed by atoms with Crippen molar-refractivity contribution < 1.29 is 0 Å². The van der Waals surface area contributed by atoms with E-state index >= 15 is 0 Å². The monoisotopic (exact) mass is 762 g/mol. The lowest BCUT2D eigenvalue weighted by Gasteiger charge is -2.13. The summed E-state index contributed by atoms with van der Waals surface area (Å²) in [5.41, 5.74) is 16.1. The summed E-state index contributed by atoms with van der Waals surface area (Å²) in [5, 5.41) is 0. The van der Waals surface area contributed by atoms with Gasteiger partial charge in [-0.25, -0.2) is 0 Å². The molecule has 7 aromatic rings. The maximum atomic E-state index is 3.57. The van der Waals surface area contributed by atoms with E-state index in [1.165, 1.54) is 0 Å². The minimum absolute atomic E-state index is 0.650. The molecule has 0 heteroatoms. The van der Waals surface area contributed by atoms with Gasteiger partial charge in [-0.2, -0.15) is 0 Å². The van der Waals surface area contributed by atoms with Gasteiger partial charge in [-0.05, 0) is 114 Å². The summed E-state index contributed by atoms with van der Waals surface area (Å²) in [6.07, 6.45) is 0. The molecule has 0 aromatic heterocycles. The molecule has 0 radical (unpaired) electrons. The summed E-state index contributed by atoms with van der Waals surface area (Å²) in [4.78, 5) is 0. The fraction of sp³-hybridized carbons (Fsp3) is 0.100. The first-order chi connectivity index (χ1) is 29.2. The molecule has 0 N–H and O–H groups in total. The van der Waals surface area contributed by atoms with Gasteiger partial charge in [0.15, 0.2) is 0 Å². The van der Waals surface area contributed by atoms with Gasteiger partial charge in [0.2, 0.25) is 0 Å². The Morgan fingerprint density at radius 2 is 0.283 bits per heavy atom. The molecule has 0 unspecified atom stereocenters. The maximum absolute atomic E-state index is 3.57. The highest BCUT2D eigenvalue weighted by Crippen LogP contribution is 2.28. The molecule has 0 aliphatic rings. The van der Waals surface area contributed by atoms with Gasteiger partial charge in [-0.15, -0.1) is 0 Å². The van der Waals surface area contributed by atoms with E-state index in [1.54, 1.807) is 0 Å². The van der Waals surface area contributed by atoms with Gasteiger partial charge in [0.05, 0.1) is 33.4 Å². The van der Waals surface area contributed by atoms with Crippen molar-refractivity contribution in [2.24, 2.45) is 0 Å². The van der Waals surface area contributed by atoms with Crippen molar-refractivity contribution in [1.82, 2.24) is 0 Å². The van der Waals surface area contributed by atoms with Crippen LogP contribution in [0.15, 0.2) is 146 Å². The normalized spacial score (nSPS) is 9.70. The molecular weight excluding hydrogens is 721 g/mol. The molecule has 7 aromatic carbocycles. The van der Waals surface area contributed by atoms with Crippen LogP contribution in [0.1, 0.15) is 100 Å². The Hall–Kier alpha value is -8.10. The molecule has 0 nitrogen and oxygen atoms in total. The van der Waals surface area contributed by atoms with Gasteiger partial charge in [0.1, 0.15) is 0 Å². The van der Waals surface area contributed by atoms with E-state index < -0.39 is 0 Å². The fourth-order valence-corrected chi connectivity index (χ4v) is 6.13. The highest BCUT2D eigenvalue weighted by Gasteiger charge is 2.20. The average Bonchev–Trinajstić information content (AvgIpc) is 3.26. The van der Waals surface area contributed by atoms with E-state index in [0.29, 0.717) is 33.4 Å². The Labute approximate surface area is 356 Å². The predicted molar refractivity (Wildman–Crippen MR) is 249 cm³/mol. The molecule has 0 bridgehead atoms. The zero-order valence-electron chi connectivity index (χ0n) is 34.9. The van der Waals surface area contributed by atoms with Gasteiger partial charge < -0.3 is 0 Å². The summed E-state index contributed by atoms with van der Waals surface area (Å²) >= 11 is 0. The number of hydrogen-bond donors (Lipinski definition) is 0. The van der Waals surface area contributed by atoms with Crippen LogP contribution in [-0.2, 0) is 0 Å². The van der Waals surface area contributed by atoms with Gasteiger partial charge in [0, 0.05) is 33.4 Å². The van der Waals surface area contributed by atoms with Crippen LogP contribution in [0.2, 0.25) is 0 Å². The van der Waals surface area contributed by atoms with Crippen molar-refractivity contribution in [3.05, 3.63) is 246 Å². The molecule has 0 spiro atoms. The van der Waals surface area contributed by atoms with Gasteiger partial charge >= 0.3 is 0 Å². The summed E-state index contributed by atoms with van der Waals surface area (Å²) in [7, 11) is 0. The number of rotatable bonds is 0. The fourth-order valence-electron chi connectivity index (χ4n) is 6.13. The molecule has 0 saturated heterocycles. The van der Waals surface area contributed by atoms with E-state index in [0.717, 1.165) is 66.8 Å². The lowest BCUT2D eigenvalue weighted by atomic mass is 9.86. The highest BCUT2D eigenvalue weighted by atomic mass is 14.2. The van der Waals surface area contributed by atoms with Crippen molar-refractivity contribution in [3.8, 4) is 71.0 Å². The first-order valence-electron chi connectivity index (χ1n) is 19.9. The second-order valence-corrected chi connectivity index (χ2v) is 14.9. The molecule has 0 fully saturated rings. The van der Waals surface area contributed by atoms with Crippen LogP contribution in [0.4, 0.5) is 0 Å². The Bertz CT molecular complexity index is 2500. The quantitative estimate of drug-likeness (QED) is 0.135. The predicted octanol–water partition coefficient (Wildman–Crippen LogP) is 11.9. The second kappa shape index (κ2) is 18.9. The van der Waals surface area contributed by atoms with E-state index in [9.17, 15) is 0 Å². The van der Waals surface area contributed by atoms with Crippen LogP contribution >= 0.6 is 0 Å². The van der Waals surface area contributed by atoms with Crippen LogP contribution in [0.5, 0.6) is 0 Å². The summed E-state index contributed by atoms with van der Waals surface area (Å²) < 4.78 is 0. The molecule has 0 atom stereocenters. The third-order valence-corrected chi connectivity index (χ3v) is 9.80. The first kappa shape index (κ1) is 40.1. The first-order valence-corrected chi connectivity index (χ1v) is 19.9. The molecule has 0 saturated carbocycles. The molecule has 0 aliphatic heterocycles. The SMILES string of the molecule is Cc1ccc(C#Cc2c(C#Cc3ccc(C)cc3)c(C#Cc3ccc(C)cc3)c(C#Cc3ccc(C)cc3)c(C#Cc3ccc(C)cc3)c2C#Cc2ccc(C)cc2)cc1. The number of aryl methyl sites for hydroxylation is 6. The summed E-state index contributed by atoms with van der Waals surface area (Å²) in [6.45, 7) is 12.4. The van der Waals surface area contributed by atoms with Crippen molar-refractivity contribution in [2.75, 3.05) is 0 Å². The van der Waals surface area contributed by atoms with Crippen LogP contribution in [0, 0.1) is 113 Å². The molecular formula is C60H42. The maximum Gasteiger partial charge on any atom is 0.0588 e. The highest BCUT2D eigenvalue weighted by molar-refractivity contribution is 5.78. The standard InChI is InChI=1S/C60H42/c1-43-7-19-49(20-8-43)31-37-55-56(38-32-50-21-9-44(2)10-22-50)58(40-34-52-25-13-46(4)14-26-52)60(42-36-54-29-17-48(6)18-30-54)59(41-35-53-27-15-47(5)16-28-53)57(55)39-33-51-23-11-45(3)12-24-51/h7-30H,1-6H3. The average molecular weight is 763 g/mol. The minimum atomic E-state index is 0.650. The van der Waals surface area contributed by atoms with Gasteiger partial charge in [-0.1, -0.05) is 177 Å². The Morgan fingerprint density at radius 1 is 0.167 bits per heavy atom. The van der Waals surface area contributed by atoms with Crippen LogP contribution in [0.25, 0.3) is 0 Å². The minimum Gasteiger partial charge on any atom is -0.0616 e. The van der Waals surface area contributed by atoms with Crippen molar-refractivity contribution in [1.29, 1.82) is 0 Å². The zero-order valence-corrected chi connectivity index (χ0v) is 34.9. The van der Waals surface area contributed by atoms with E-state index in [1.807, 2.05) is 72.8 Å². The number of benzene rings is 7. The van der Waals surface area contributed by atoms with Crippen LogP contribution in [-0.4, -0.2) is 0 Å². The lowest BCUT2D eigenvalue weighted by Crippen LogP contribution is -2.05. The summed E-state index contributed by atoms with van der Waals surface area (Å²) in [5.74, 6) is 42.2. The van der Waals surface area contributed by atoms with Crippen molar-refractivity contribution in [2.45, 2.75) is 41.5 Å². The van der Waals surface area contributed by atoms with Crippen molar-refractivity contribution >= 4 is 0 Å². The van der Waals surface area contributed by atoms with E-state index in [-0.39, 0.29) is 0 Å². The largest absolute Gasteiger partial charge is 0.0616 e. The molecule has 0 aliphatic carbocycles. The lowest BCUT2D eigenvalue weighted by molar-refractivity contribution is 1.42. The molecule has 0 heterocycles. The zero-order chi connectivity index (χ0) is 41.8. The molecule has 282 valence electrons. The Morgan fingerprint density at radius 3 is 0.400 bits per heavy atom. The molecule has 7 rings (SSSR count). The van der Waals surface area contributed by atoms with Crippen LogP contribution in [0.3, 0.4) is 0 Å². The second-order valence-electron chi connectivity index (χ2n) is 14.9. The third-order valence-electron chi connectivity index (χ3n) is 9.80. The molecule has 60 heavy (non-hydrogen) atoms. The Balaban J connectivity index is 1.66. The smallest absolute Gasteiger partial charge is 0.0588 e. The number of hydrogen-bond acceptors (Lipinski definition) is 0. The van der Waals surface area contributed by atoms with Gasteiger partial charge in [0.25, 0.3) is 0 Å². The van der Waals surface area contributed by atoms with Crippen molar-refractivity contribution in [3.63, 3.8) is 0 Å². The Kier molecular flexibility index (Phi) is 12.6. The van der Waals surface area contributed by atoms with Crippen LogP contribution < -0.4 is 0 Å².